The molecule has 1 aliphatic rings. The van der Waals surface area contributed by atoms with Crippen LogP contribution in [0.2, 0.25) is 0 Å². The molecule has 1 heterocycles. The van der Waals surface area contributed by atoms with Gasteiger partial charge in [0.15, 0.2) is 0 Å². The van der Waals surface area contributed by atoms with Crippen molar-refractivity contribution in [2.45, 2.75) is 12.6 Å². The Labute approximate surface area is 117 Å². The first-order chi connectivity index (χ1) is 7.70. The Bertz CT molecular complexity index is 372. The van der Waals surface area contributed by atoms with Gasteiger partial charge in [-0.05, 0) is 40.7 Å². The molecule has 0 atom stereocenters. The van der Waals surface area contributed by atoms with Gasteiger partial charge < -0.3 is 10.1 Å². The third kappa shape index (κ3) is 3.58. The average molecular weight is 322 g/mol. The van der Waals surface area contributed by atoms with Crippen molar-refractivity contribution in [1.29, 1.82) is 0 Å². The second-order valence-electron chi connectivity index (χ2n) is 4.20. The fourth-order valence-electron chi connectivity index (χ4n) is 1.81. The molecule has 1 aromatic carbocycles. The van der Waals surface area contributed by atoms with E-state index in [1.807, 2.05) is 6.07 Å². The summed E-state index contributed by atoms with van der Waals surface area (Å²) in [5.41, 5.74) is 1.31. The predicted octanol–water partition coefficient (Wildman–Crippen LogP) is 2.28. The van der Waals surface area contributed by atoms with Crippen LogP contribution >= 0.6 is 28.3 Å². The highest BCUT2D eigenvalue weighted by Crippen LogP contribution is 2.26. The van der Waals surface area contributed by atoms with Gasteiger partial charge in [-0.15, -0.1) is 12.4 Å². The number of likely N-dealkylation sites (N-methyl/N-ethyl adjacent to an activating group) is 1. The fourth-order valence-corrected chi connectivity index (χ4v) is 2.40. The SMILES string of the molecule is COc1ccc(CN(C)C2CNC2)cc1Br.Cl. The molecule has 1 fully saturated rings. The number of halogens is 2. The lowest BCUT2D eigenvalue weighted by atomic mass is 10.1. The molecule has 1 aliphatic heterocycles. The summed E-state index contributed by atoms with van der Waals surface area (Å²) in [7, 11) is 3.86. The van der Waals surface area contributed by atoms with Crippen molar-refractivity contribution < 1.29 is 4.74 Å². The molecule has 5 heteroatoms. The lowest BCUT2D eigenvalue weighted by molar-refractivity contribution is 0.173. The van der Waals surface area contributed by atoms with Gasteiger partial charge >= 0.3 is 0 Å². The maximum absolute atomic E-state index is 5.21. The van der Waals surface area contributed by atoms with E-state index in [2.05, 4.69) is 45.3 Å². The van der Waals surface area contributed by atoms with E-state index in [1.165, 1.54) is 5.56 Å². The van der Waals surface area contributed by atoms with Crippen LogP contribution in [0.5, 0.6) is 5.75 Å². The lowest BCUT2D eigenvalue weighted by Gasteiger charge is -2.35. The Morgan fingerprint density at radius 1 is 1.47 bits per heavy atom. The van der Waals surface area contributed by atoms with Crippen molar-refractivity contribution in [2.75, 3.05) is 27.2 Å². The number of hydrogen-bond acceptors (Lipinski definition) is 3. The average Bonchev–Trinajstić information content (AvgIpc) is 2.15. The molecule has 0 bridgehead atoms. The summed E-state index contributed by atoms with van der Waals surface area (Å²) in [5, 5.41) is 3.29. The fraction of sp³-hybridized carbons (Fsp3) is 0.500. The first-order valence-corrected chi connectivity index (χ1v) is 6.23. The molecule has 1 N–H and O–H groups in total. The van der Waals surface area contributed by atoms with Crippen LogP contribution in [0.4, 0.5) is 0 Å². The van der Waals surface area contributed by atoms with Crippen LogP contribution in [0.25, 0.3) is 0 Å². The van der Waals surface area contributed by atoms with E-state index >= 15 is 0 Å². The van der Waals surface area contributed by atoms with Gasteiger partial charge in [0.25, 0.3) is 0 Å². The Morgan fingerprint density at radius 2 is 2.18 bits per heavy atom. The van der Waals surface area contributed by atoms with Crippen LogP contribution < -0.4 is 10.1 Å². The first kappa shape index (κ1) is 14.8. The smallest absolute Gasteiger partial charge is 0.133 e. The van der Waals surface area contributed by atoms with Gasteiger partial charge in [-0.2, -0.15) is 0 Å². The monoisotopic (exact) mass is 320 g/mol. The van der Waals surface area contributed by atoms with Crippen LogP contribution in [0.1, 0.15) is 5.56 Å². The van der Waals surface area contributed by atoms with Gasteiger partial charge in [0.2, 0.25) is 0 Å². The number of rotatable bonds is 4. The standard InChI is InChI=1S/C12H17BrN2O.ClH/c1-15(10-6-14-7-10)8-9-3-4-12(16-2)11(13)5-9;/h3-5,10,14H,6-8H2,1-2H3;1H. The predicted molar refractivity (Wildman–Crippen MR) is 76.1 cm³/mol. The van der Waals surface area contributed by atoms with E-state index in [4.69, 9.17) is 4.74 Å². The van der Waals surface area contributed by atoms with Gasteiger partial charge in [0.1, 0.15) is 5.75 Å². The van der Waals surface area contributed by atoms with Crippen molar-refractivity contribution in [3.63, 3.8) is 0 Å². The number of nitrogens with zero attached hydrogens (tertiary/aromatic N) is 1. The zero-order valence-electron chi connectivity index (χ0n) is 10.1. The van der Waals surface area contributed by atoms with Crippen LogP contribution in [0, 0.1) is 0 Å². The van der Waals surface area contributed by atoms with Gasteiger partial charge in [-0.25, -0.2) is 0 Å². The molecule has 3 nitrogen and oxygen atoms in total. The third-order valence-electron chi connectivity index (χ3n) is 3.03. The number of methoxy groups -OCH3 is 1. The Balaban J connectivity index is 0.00000144. The van der Waals surface area contributed by atoms with E-state index in [0.29, 0.717) is 6.04 Å². The molecule has 0 aromatic heterocycles. The molecule has 0 spiro atoms. The Morgan fingerprint density at radius 3 is 2.65 bits per heavy atom. The largest absolute Gasteiger partial charge is 0.496 e. The van der Waals surface area contributed by atoms with E-state index in [-0.39, 0.29) is 12.4 Å². The zero-order valence-corrected chi connectivity index (χ0v) is 12.5. The summed E-state index contributed by atoms with van der Waals surface area (Å²) in [6.45, 7) is 3.19. The normalized spacial score (nSPS) is 15.3. The molecule has 17 heavy (non-hydrogen) atoms. The molecule has 0 unspecified atom stereocenters. The third-order valence-corrected chi connectivity index (χ3v) is 3.65. The molecule has 1 aromatic rings. The number of nitrogens with one attached hydrogen (secondary N) is 1. The number of ether oxygens (including phenoxy) is 1. The minimum Gasteiger partial charge on any atom is -0.496 e. The van der Waals surface area contributed by atoms with E-state index < -0.39 is 0 Å². The molecule has 2 rings (SSSR count). The summed E-state index contributed by atoms with van der Waals surface area (Å²) >= 11 is 3.51. The summed E-state index contributed by atoms with van der Waals surface area (Å²) in [6.07, 6.45) is 0. The van der Waals surface area contributed by atoms with Gasteiger partial charge in [-0.3, -0.25) is 4.90 Å². The molecule has 1 saturated heterocycles. The Kier molecular flexibility index (Phi) is 5.73. The molecule has 0 radical (unpaired) electrons. The number of hydrogen-bond donors (Lipinski definition) is 1. The van der Waals surface area contributed by atoms with Crippen LogP contribution in [0.3, 0.4) is 0 Å². The topological polar surface area (TPSA) is 24.5 Å². The number of benzene rings is 1. The molecular formula is C12H18BrClN2O. The minimum absolute atomic E-state index is 0. The van der Waals surface area contributed by atoms with Gasteiger partial charge in [-0.1, -0.05) is 6.07 Å². The lowest BCUT2D eigenvalue weighted by Crippen LogP contribution is -2.55. The van der Waals surface area contributed by atoms with Crippen molar-refractivity contribution in [1.82, 2.24) is 10.2 Å². The highest BCUT2D eigenvalue weighted by atomic mass is 79.9. The van der Waals surface area contributed by atoms with Crippen LogP contribution in [0.15, 0.2) is 22.7 Å². The minimum atomic E-state index is 0. The molecular weight excluding hydrogens is 304 g/mol. The highest BCUT2D eigenvalue weighted by molar-refractivity contribution is 9.10. The van der Waals surface area contributed by atoms with Crippen LogP contribution in [-0.4, -0.2) is 38.2 Å². The van der Waals surface area contributed by atoms with E-state index in [0.717, 1.165) is 29.9 Å². The molecule has 0 aliphatic carbocycles. The van der Waals surface area contributed by atoms with Crippen molar-refractivity contribution in [3.05, 3.63) is 28.2 Å². The highest BCUT2D eigenvalue weighted by Gasteiger charge is 2.21. The van der Waals surface area contributed by atoms with Crippen molar-refractivity contribution >= 4 is 28.3 Å². The maximum Gasteiger partial charge on any atom is 0.133 e. The zero-order chi connectivity index (χ0) is 11.5. The maximum atomic E-state index is 5.21. The summed E-state index contributed by atoms with van der Waals surface area (Å²) in [5.74, 6) is 0.886. The second-order valence-corrected chi connectivity index (χ2v) is 5.05. The van der Waals surface area contributed by atoms with Crippen molar-refractivity contribution in [3.8, 4) is 5.75 Å². The van der Waals surface area contributed by atoms with Crippen molar-refractivity contribution in [2.24, 2.45) is 0 Å². The quantitative estimate of drug-likeness (QED) is 0.921. The van der Waals surface area contributed by atoms with Gasteiger partial charge in [0, 0.05) is 25.7 Å². The Hall–Kier alpha value is -0.290. The molecule has 0 saturated carbocycles. The summed E-state index contributed by atoms with van der Waals surface area (Å²) in [4.78, 5) is 2.38. The summed E-state index contributed by atoms with van der Waals surface area (Å²) in [6, 6.07) is 6.93. The first-order valence-electron chi connectivity index (χ1n) is 5.44. The molecule has 96 valence electrons. The summed E-state index contributed by atoms with van der Waals surface area (Å²) < 4.78 is 6.24. The van der Waals surface area contributed by atoms with E-state index in [9.17, 15) is 0 Å². The second kappa shape index (κ2) is 6.59. The van der Waals surface area contributed by atoms with E-state index in [1.54, 1.807) is 7.11 Å². The van der Waals surface area contributed by atoms with Gasteiger partial charge in [0.05, 0.1) is 11.6 Å². The molecule has 0 amide bonds. The van der Waals surface area contributed by atoms with Crippen LogP contribution in [-0.2, 0) is 6.54 Å².